The Morgan fingerprint density at radius 1 is 1.00 bits per heavy atom. The first kappa shape index (κ1) is 19.0. The minimum Gasteiger partial charge on any atom is -0.497 e. The van der Waals surface area contributed by atoms with Gasteiger partial charge >= 0.3 is 6.03 Å². The first-order chi connectivity index (χ1) is 13.0. The molecule has 0 atom stereocenters. The number of anilines is 2. The fraction of sp³-hybridized carbons (Fsp3) is 0.316. The zero-order chi connectivity index (χ0) is 19.3. The third-order valence-electron chi connectivity index (χ3n) is 4.38. The molecular weight excluding hydrogens is 366 g/mol. The molecule has 0 unspecified atom stereocenters. The molecular formula is C19H23N3O4S. The maximum absolute atomic E-state index is 12.5. The quantitative estimate of drug-likeness (QED) is 0.819. The summed E-state index contributed by atoms with van der Waals surface area (Å²) in [7, 11) is -2.21. The van der Waals surface area contributed by atoms with Crippen molar-refractivity contribution in [1.82, 2.24) is 4.90 Å². The van der Waals surface area contributed by atoms with Gasteiger partial charge in [-0.15, -0.1) is 0 Å². The topological polar surface area (TPSA) is 87.7 Å². The van der Waals surface area contributed by atoms with Crippen LogP contribution in [0.2, 0.25) is 0 Å². The number of rotatable bonds is 5. The fourth-order valence-electron chi connectivity index (χ4n) is 2.92. The summed E-state index contributed by atoms with van der Waals surface area (Å²) in [6.45, 7) is 1.51. The Balaban J connectivity index is 1.67. The van der Waals surface area contributed by atoms with Crippen LogP contribution < -0.4 is 14.8 Å². The van der Waals surface area contributed by atoms with Crippen LogP contribution in [0.15, 0.2) is 53.4 Å². The van der Waals surface area contributed by atoms with Crippen LogP contribution in [0.25, 0.3) is 0 Å². The lowest BCUT2D eigenvalue weighted by Crippen LogP contribution is -2.38. The first-order valence-electron chi connectivity index (χ1n) is 8.81. The smallest absolute Gasteiger partial charge is 0.321 e. The van der Waals surface area contributed by atoms with Gasteiger partial charge < -0.3 is 15.0 Å². The molecule has 2 aromatic carbocycles. The molecule has 0 aliphatic carbocycles. The lowest BCUT2D eigenvalue weighted by Gasteiger charge is -2.26. The van der Waals surface area contributed by atoms with Crippen LogP contribution in [-0.2, 0) is 10.0 Å². The second-order valence-electron chi connectivity index (χ2n) is 6.34. The van der Waals surface area contributed by atoms with Crippen molar-refractivity contribution >= 4 is 27.4 Å². The number of methoxy groups -OCH3 is 1. The molecule has 144 valence electrons. The Bertz CT molecular complexity index is 891. The molecule has 1 fully saturated rings. The number of likely N-dealkylation sites (tertiary alicyclic amines) is 1. The molecule has 0 radical (unpaired) electrons. The molecule has 1 aliphatic rings. The molecule has 0 saturated carbocycles. The molecule has 2 N–H and O–H groups in total. The Morgan fingerprint density at radius 2 is 1.70 bits per heavy atom. The van der Waals surface area contributed by atoms with Gasteiger partial charge in [-0.25, -0.2) is 13.2 Å². The predicted octanol–water partition coefficient (Wildman–Crippen LogP) is 3.51. The third-order valence-corrected chi connectivity index (χ3v) is 5.78. The van der Waals surface area contributed by atoms with E-state index in [0.29, 0.717) is 17.1 Å². The van der Waals surface area contributed by atoms with Gasteiger partial charge in [-0.05, 0) is 55.7 Å². The Kier molecular flexibility index (Phi) is 5.85. The number of urea groups is 1. The van der Waals surface area contributed by atoms with Crippen LogP contribution >= 0.6 is 0 Å². The van der Waals surface area contributed by atoms with Gasteiger partial charge in [0.05, 0.1) is 17.7 Å². The van der Waals surface area contributed by atoms with E-state index < -0.39 is 10.0 Å². The molecule has 1 aliphatic heterocycles. The molecule has 3 rings (SSSR count). The average Bonchev–Trinajstić information content (AvgIpc) is 2.69. The predicted molar refractivity (Wildman–Crippen MR) is 105 cm³/mol. The average molecular weight is 389 g/mol. The largest absolute Gasteiger partial charge is 0.497 e. The van der Waals surface area contributed by atoms with Gasteiger partial charge in [0.1, 0.15) is 5.75 Å². The number of sulfonamides is 1. The highest BCUT2D eigenvalue weighted by Crippen LogP contribution is 2.22. The minimum atomic E-state index is -3.73. The number of ether oxygens (including phenoxy) is 1. The van der Waals surface area contributed by atoms with E-state index in [4.69, 9.17) is 4.74 Å². The van der Waals surface area contributed by atoms with Crippen molar-refractivity contribution in [2.24, 2.45) is 0 Å². The standard InChI is InChI=1S/C19H23N3O4S/c1-26-17-7-5-6-16(14-17)21-27(24,25)18-10-8-15(9-11-18)20-19(23)22-12-3-2-4-13-22/h5-11,14,21H,2-4,12-13H2,1H3,(H,20,23). The Morgan fingerprint density at radius 3 is 2.37 bits per heavy atom. The molecule has 2 aromatic rings. The van der Waals surface area contributed by atoms with E-state index in [1.54, 1.807) is 41.3 Å². The molecule has 0 spiro atoms. The number of benzene rings is 2. The number of hydrogen-bond donors (Lipinski definition) is 2. The molecule has 8 heteroatoms. The summed E-state index contributed by atoms with van der Waals surface area (Å²) in [5.74, 6) is 0.561. The van der Waals surface area contributed by atoms with Crippen molar-refractivity contribution in [3.8, 4) is 5.75 Å². The van der Waals surface area contributed by atoms with Crippen LogP contribution in [0.5, 0.6) is 5.75 Å². The van der Waals surface area contributed by atoms with Gasteiger partial charge in [-0.3, -0.25) is 4.72 Å². The number of nitrogens with one attached hydrogen (secondary N) is 2. The zero-order valence-electron chi connectivity index (χ0n) is 15.1. The molecule has 7 nitrogen and oxygen atoms in total. The number of hydrogen-bond acceptors (Lipinski definition) is 4. The maximum atomic E-state index is 12.5. The van der Waals surface area contributed by atoms with Gasteiger partial charge in [-0.1, -0.05) is 6.07 Å². The van der Waals surface area contributed by atoms with Gasteiger partial charge in [-0.2, -0.15) is 0 Å². The minimum absolute atomic E-state index is 0.112. The third kappa shape index (κ3) is 4.91. The molecule has 1 heterocycles. The summed E-state index contributed by atoms with van der Waals surface area (Å²) in [5.41, 5.74) is 0.975. The van der Waals surface area contributed by atoms with Crippen LogP contribution in [0.4, 0.5) is 16.2 Å². The van der Waals surface area contributed by atoms with E-state index in [2.05, 4.69) is 10.0 Å². The van der Waals surface area contributed by atoms with Crippen LogP contribution in [0.3, 0.4) is 0 Å². The monoisotopic (exact) mass is 389 g/mol. The highest BCUT2D eigenvalue weighted by molar-refractivity contribution is 7.92. The first-order valence-corrected chi connectivity index (χ1v) is 10.3. The SMILES string of the molecule is COc1cccc(NS(=O)(=O)c2ccc(NC(=O)N3CCCCC3)cc2)c1. The number of carbonyl (C=O) groups excluding carboxylic acids is 1. The maximum Gasteiger partial charge on any atom is 0.321 e. The van der Waals surface area contributed by atoms with Crippen molar-refractivity contribution in [2.45, 2.75) is 24.2 Å². The number of amides is 2. The van der Waals surface area contributed by atoms with Crippen molar-refractivity contribution < 1.29 is 17.9 Å². The van der Waals surface area contributed by atoms with E-state index >= 15 is 0 Å². The Labute approximate surface area is 159 Å². The van der Waals surface area contributed by atoms with Gasteiger partial charge in [0.2, 0.25) is 0 Å². The summed E-state index contributed by atoms with van der Waals surface area (Å²) >= 11 is 0. The molecule has 0 aromatic heterocycles. The number of nitrogens with zero attached hydrogens (tertiary/aromatic N) is 1. The summed E-state index contributed by atoms with van der Waals surface area (Å²) in [6.07, 6.45) is 3.18. The summed E-state index contributed by atoms with van der Waals surface area (Å²) in [5, 5.41) is 2.81. The van der Waals surface area contributed by atoms with E-state index in [1.165, 1.54) is 19.2 Å². The van der Waals surface area contributed by atoms with Crippen LogP contribution in [0.1, 0.15) is 19.3 Å². The summed E-state index contributed by atoms with van der Waals surface area (Å²) in [6, 6.07) is 12.6. The van der Waals surface area contributed by atoms with Gasteiger partial charge in [0, 0.05) is 24.8 Å². The molecule has 0 bridgehead atoms. The lowest BCUT2D eigenvalue weighted by atomic mass is 10.1. The van der Waals surface area contributed by atoms with Crippen LogP contribution in [-0.4, -0.2) is 39.5 Å². The van der Waals surface area contributed by atoms with Crippen molar-refractivity contribution in [1.29, 1.82) is 0 Å². The van der Waals surface area contributed by atoms with Gasteiger partial charge in [0.25, 0.3) is 10.0 Å². The molecule has 1 saturated heterocycles. The summed E-state index contributed by atoms with van der Waals surface area (Å²) < 4.78 is 32.7. The van der Waals surface area contributed by atoms with Crippen molar-refractivity contribution in [3.05, 3.63) is 48.5 Å². The highest BCUT2D eigenvalue weighted by Gasteiger charge is 2.18. The van der Waals surface area contributed by atoms with E-state index in [9.17, 15) is 13.2 Å². The summed E-state index contributed by atoms with van der Waals surface area (Å²) in [4.78, 5) is 14.1. The fourth-order valence-corrected chi connectivity index (χ4v) is 3.97. The lowest BCUT2D eigenvalue weighted by molar-refractivity contribution is 0.200. The van der Waals surface area contributed by atoms with E-state index in [-0.39, 0.29) is 10.9 Å². The van der Waals surface area contributed by atoms with Crippen molar-refractivity contribution in [3.63, 3.8) is 0 Å². The molecule has 27 heavy (non-hydrogen) atoms. The Hall–Kier alpha value is -2.74. The van der Waals surface area contributed by atoms with Crippen molar-refractivity contribution in [2.75, 3.05) is 30.2 Å². The number of piperidine rings is 1. The second-order valence-corrected chi connectivity index (χ2v) is 8.02. The second kappa shape index (κ2) is 8.30. The normalized spacial score (nSPS) is 14.5. The van der Waals surface area contributed by atoms with E-state index in [1.807, 2.05) is 0 Å². The van der Waals surface area contributed by atoms with Gasteiger partial charge in [0.15, 0.2) is 0 Å². The molecule has 2 amide bonds. The number of carbonyl (C=O) groups is 1. The highest BCUT2D eigenvalue weighted by atomic mass is 32.2. The van der Waals surface area contributed by atoms with E-state index in [0.717, 1.165) is 32.4 Å². The zero-order valence-corrected chi connectivity index (χ0v) is 16.0. The van der Waals surface area contributed by atoms with Crippen LogP contribution in [0, 0.1) is 0 Å².